The number of allylic oxidation sites excluding steroid dienone is 2. The molecular weight excluding hydrogens is 378 g/mol. The van der Waals surface area contributed by atoms with Gasteiger partial charge in [-0.25, -0.2) is 4.79 Å². The van der Waals surface area contributed by atoms with Crippen molar-refractivity contribution in [3.8, 4) is 0 Å². The van der Waals surface area contributed by atoms with Gasteiger partial charge in [-0.05, 0) is 17.5 Å². The van der Waals surface area contributed by atoms with Crippen molar-refractivity contribution in [1.29, 1.82) is 0 Å². The Morgan fingerprint density at radius 1 is 1.03 bits per heavy atom. The minimum absolute atomic E-state index is 0.132. The number of ether oxygens (including phenoxy) is 1. The van der Waals surface area contributed by atoms with E-state index in [2.05, 4.69) is 11.7 Å². The molecule has 0 bridgehead atoms. The van der Waals surface area contributed by atoms with Gasteiger partial charge in [-0.2, -0.15) is 0 Å². The van der Waals surface area contributed by atoms with Crippen LogP contribution >= 0.6 is 0 Å². The van der Waals surface area contributed by atoms with E-state index in [1.165, 1.54) is 0 Å². The number of Topliss-reactive ketones (excluding diaryl/α,β-unsaturated/α-hetero) is 1. The number of carbonyl (C=O) groups is 2. The number of carbonyl (C=O) groups excluding carboxylic acids is 2. The number of nitrogens with zero attached hydrogens (tertiary/aromatic N) is 1. The Morgan fingerprint density at radius 3 is 2.23 bits per heavy atom. The number of esters is 1. The first-order chi connectivity index (χ1) is 14.4. The largest absolute Gasteiger partial charge is 0.427 e. The third-order valence-corrected chi connectivity index (χ3v) is 4.69. The van der Waals surface area contributed by atoms with E-state index < -0.39 is 5.97 Å². The SMILES string of the molecule is C=CCON=C(C1=C(OC(=O)c2ccccc2)CC(C)(C)CC1=O)c1ccccc1. The summed E-state index contributed by atoms with van der Waals surface area (Å²) < 4.78 is 5.77. The van der Waals surface area contributed by atoms with Crippen molar-refractivity contribution in [3.63, 3.8) is 0 Å². The summed E-state index contributed by atoms with van der Waals surface area (Å²) in [5, 5.41) is 4.21. The van der Waals surface area contributed by atoms with Gasteiger partial charge in [0.05, 0.1) is 11.1 Å². The highest BCUT2D eigenvalue weighted by Gasteiger charge is 2.38. The van der Waals surface area contributed by atoms with E-state index in [4.69, 9.17) is 9.57 Å². The van der Waals surface area contributed by atoms with Crippen molar-refractivity contribution in [2.75, 3.05) is 6.61 Å². The van der Waals surface area contributed by atoms with Crippen LogP contribution in [0.5, 0.6) is 0 Å². The van der Waals surface area contributed by atoms with Gasteiger partial charge in [0.2, 0.25) is 0 Å². The Labute approximate surface area is 176 Å². The van der Waals surface area contributed by atoms with Crippen LogP contribution in [0.1, 0.15) is 42.6 Å². The van der Waals surface area contributed by atoms with Crippen LogP contribution in [-0.2, 0) is 14.4 Å². The van der Waals surface area contributed by atoms with Gasteiger partial charge >= 0.3 is 5.97 Å². The standard InChI is InChI=1S/C25H25NO4/c1-4-15-29-26-23(18-11-7-5-8-12-18)22-20(27)16-25(2,3)17-21(22)30-24(28)19-13-9-6-10-14-19/h4-14H,1,15-17H2,2-3H3. The summed E-state index contributed by atoms with van der Waals surface area (Å²) in [5.41, 5.74) is 1.43. The molecule has 3 rings (SSSR count). The topological polar surface area (TPSA) is 65.0 Å². The fourth-order valence-corrected chi connectivity index (χ4v) is 3.35. The minimum Gasteiger partial charge on any atom is -0.427 e. The number of hydrogen-bond acceptors (Lipinski definition) is 5. The lowest BCUT2D eigenvalue weighted by Crippen LogP contribution is -2.31. The Hall–Kier alpha value is -3.47. The molecule has 0 spiro atoms. The first-order valence-electron chi connectivity index (χ1n) is 9.81. The lowest BCUT2D eigenvalue weighted by atomic mass is 9.75. The molecule has 30 heavy (non-hydrogen) atoms. The second-order valence-corrected chi connectivity index (χ2v) is 7.89. The first kappa shape index (κ1) is 21.2. The van der Waals surface area contributed by atoms with Crippen molar-refractivity contribution < 1.29 is 19.2 Å². The number of oxime groups is 1. The van der Waals surface area contributed by atoms with E-state index in [1.54, 1.807) is 30.3 Å². The molecule has 0 aromatic heterocycles. The summed E-state index contributed by atoms with van der Waals surface area (Å²) in [6.07, 6.45) is 2.32. The van der Waals surface area contributed by atoms with Gasteiger partial charge in [-0.15, -0.1) is 0 Å². The predicted molar refractivity (Wildman–Crippen MR) is 116 cm³/mol. The third-order valence-electron chi connectivity index (χ3n) is 4.69. The van der Waals surface area contributed by atoms with Crippen molar-refractivity contribution in [2.24, 2.45) is 10.6 Å². The molecule has 0 fully saturated rings. The quantitative estimate of drug-likeness (QED) is 0.212. The molecule has 2 aromatic carbocycles. The van der Waals surface area contributed by atoms with Crippen LogP contribution in [0.3, 0.4) is 0 Å². The highest BCUT2D eigenvalue weighted by Crippen LogP contribution is 2.39. The number of rotatable bonds is 7. The van der Waals surface area contributed by atoms with Crippen molar-refractivity contribution in [3.05, 3.63) is 95.8 Å². The smallest absolute Gasteiger partial charge is 0.343 e. The Morgan fingerprint density at radius 2 is 1.63 bits per heavy atom. The third kappa shape index (κ3) is 5.11. The van der Waals surface area contributed by atoms with Crippen LogP contribution in [0, 0.1) is 5.41 Å². The second kappa shape index (κ2) is 9.35. The molecule has 0 amide bonds. The molecule has 154 valence electrons. The Bertz CT molecular complexity index is 988. The van der Waals surface area contributed by atoms with Crippen molar-refractivity contribution in [1.82, 2.24) is 0 Å². The average molecular weight is 403 g/mol. The molecule has 0 heterocycles. The van der Waals surface area contributed by atoms with E-state index in [1.807, 2.05) is 50.2 Å². The number of benzene rings is 2. The summed E-state index contributed by atoms with van der Waals surface area (Å²) in [4.78, 5) is 31.3. The van der Waals surface area contributed by atoms with Crippen LogP contribution in [0.4, 0.5) is 0 Å². The highest BCUT2D eigenvalue weighted by atomic mass is 16.6. The fourth-order valence-electron chi connectivity index (χ4n) is 3.35. The van der Waals surface area contributed by atoms with E-state index in [-0.39, 0.29) is 23.4 Å². The maximum absolute atomic E-state index is 13.2. The Balaban J connectivity index is 2.09. The lowest BCUT2D eigenvalue weighted by molar-refractivity contribution is -0.118. The van der Waals surface area contributed by atoms with E-state index in [0.29, 0.717) is 35.4 Å². The van der Waals surface area contributed by atoms with Crippen LogP contribution in [0.25, 0.3) is 0 Å². The van der Waals surface area contributed by atoms with Gasteiger partial charge < -0.3 is 9.57 Å². The van der Waals surface area contributed by atoms with Gasteiger partial charge in [-0.3, -0.25) is 4.79 Å². The minimum atomic E-state index is -0.506. The predicted octanol–water partition coefficient (Wildman–Crippen LogP) is 5.09. The summed E-state index contributed by atoms with van der Waals surface area (Å²) in [6.45, 7) is 7.77. The molecule has 0 saturated carbocycles. The molecule has 0 saturated heterocycles. The summed E-state index contributed by atoms with van der Waals surface area (Å²) in [7, 11) is 0. The summed E-state index contributed by atoms with van der Waals surface area (Å²) in [6, 6.07) is 18.0. The van der Waals surface area contributed by atoms with Crippen LogP contribution in [0.15, 0.2) is 89.8 Å². The molecule has 5 nitrogen and oxygen atoms in total. The van der Waals surface area contributed by atoms with Gasteiger partial charge in [0.25, 0.3) is 0 Å². The lowest BCUT2D eigenvalue weighted by Gasteiger charge is -2.31. The normalized spacial score (nSPS) is 16.2. The maximum Gasteiger partial charge on any atom is 0.343 e. The molecule has 1 aliphatic carbocycles. The van der Waals surface area contributed by atoms with Gasteiger partial charge in [0.15, 0.2) is 5.78 Å². The molecule has 1 aliphatic rings. The molecule has 2 aromatic rings. The zero-order valence-electron chi connectivity index (χ0n) is 17.3. The van der Waals surface area contributed by atoms with Gasteiger partial charge in [0, 0.05) is 18.4 Å². The molecule has 0 aliphatic heterocycles. The highest BCUT2D eigenvalue weighted by molar-refractivity contribution is 6.29. The van der Waals surface area contributed by atoms with Crippen LogP contribution in [-0.4, -0.2) is 24.1 Å². The van der Waals surface area contributed by atoms with Crippen molar-refractivity contribution >= 4 is 17.5 Å². The monoisotopic (exact) mass is 403 g/mol. The average Bonchev–Trinajstić information content (AvgIpc) is 2.72. The molecule has 0 N–H and O–H groups in total. The van der Waals surface area contributed by atoms with Crippen molar-refractivity contribution in [2.45, 2.75) is 26.7 Å². The van der Waals surface area contributed by atoms with E-state index >= 15 is 0 Å². The van der Waals surface area contributed by atoms with Gasteiger partial charge in [-0.1, -0.05) is 80.2 Å². The zero-order chi connectivity index (χ0) is 21.6. The maximum atomic E-state index is 13.2. The van der Waals surface area contributed by atoms with E-state index in [9.17, 15) is 9.59 Å². The molecule has 0 unspecified atom stereocenters. The van der Waals surface area contributed by atoms with Gasteiger partial charge in [0.1, 0.15) is 18.1 Å². The second-order valence-electron chi connectivity index (χ2n) is 7.89. The van der Waals surface area contributed by atoms with Crippen LogP contribution < -0.4 is 0 Å². The number of hydrogen-bond donors (Lipinski definition) is 0. The van der Waals surface area contributed by atoms with Crippen LogP contribution in [0.2, 0.25) is 0 Å². The summed E-state index contributed by atoms with van der Waals surface area (Å²) in [5.74, 6) is -0.324. The molecule has 0 radical (unpaired) electrons. The molecule has 5 heteroatoms. The first-order valence-corrected chi connectivity index (χ1v) is 9.81. The fraction of sp³-hybridized carbons (Fsp3) is 0.240. The van der Waals surface area contributed by atoms with E-state index in [0.717, 1.165) is 0 Å². The Kier molecular flexibility index (Phi) is 6.62. The summed E-state index contributed by atoms with van der Waals surface area (Å²) >= 11 is 0. The number of ketones is 1. The molecule has 0 atom stereocenters. The molecular formula is C25H25NO4. The zero-order valence-corrected chi connectivity index (χ0v) is 17.3.